The van der Waals surface area contributed by atoms with Crippen molar-refractivity contribution >= 4 is 5.91 Å². The van der Waals surface area contributed by atoms with Gasteiger partial charge in [0.1, 0.15) is 0 Å². The zero-order valence-electron chi connectivity index (χ0n) is 10.9. The quantitative estimate of drug-likeness (QED) is 0.681. The van der Waals surface area contributed by atoms with Gasteiger partial charge < -0.3 is 15.7 Å². The van der Waals surface area contributed by atoms with E-state index < -0.39 is 0 Å². The minimum atomic E-state index is -0.344. The number of rotatable bonds is 2. The molecule has 18 heavy (non-hydrogen) atoms. The van der Waals surface area contributed by atoms with Crippen LogP contribution in [0.15, 0.2) is 0 Å². The van der Waals surface area contributed by atoms with Crippen LogP contribution in [0.2, 0.25) is 0 Å². The second kappa shape index (κ2) is 5.17. The first-order valence-electron chi connectivity index (χ1n) is 7.47. The third kappa shape index (κ3) is 2.28. The highest BCUT2D eigenvalue weighted by molar-refractivity contribution is 5.83. The summed E-state index contributed by atoms with van der Waals surface area (Å²) >= 11 is 0. The van der Waals surface area contributed by atoms with Crippen molar-refractivity contribution in [3.8, 4) is 0 Å². The Morgan fingerprint density at radius 2 is 1.94 bits per heavy atom. The van der Waals surface area contributed by atoms with Gasteiger partial charge in [-0.3, -0.25) is 4.79 Å². The summed E-state index contributed by atoms with van der Waals surface area (Å²) in [7, 11) is 0. The smallest absolute Gasteiger partial charge is 0.237 e. The number of carbonyl (C=O) groups is 1. The van der Waals surface area contributed by atoms with Gasteiger partial charge in [0.05, 0.1) is 18.2 Å². The maximum absolute atomic E-state index is 12.3. The predicted octanol–water partition coefficient (Wildman–Crippen LogP) is 0.794. The summed E-state index contributed by atoms with van der Waals surface area (Å²) in [5, 5.41) is 16.4. The maximum Gasteiger partial charge on any atom is 0.237 e. The van der Waals surface area contributed by atoms with Gasteiger partial charge in [0.15, 0.2) is 0 Å². The van der Waals surface area contributed by atoms with Crippen molar-refractivity contribution in [3.05, 3.63) is 0 Å². The molecule has 3 fully saturated rings. The Morgan fingerprint density at radius 3 is 2.78 bits per heavy atom. The maximum atomic E-state index is 12.3. The van der Waals surface area contributed by atoms with E-state index in [1.165, 1.54) is 19.3 Å². The number of aliphatic hydroxyl groups is 1. The van der Waals surface area contributed by atoms with Crippen LogP contribution < -0.4 is 10.6 Å². The van der Waals surface area contributed by atoms with Crippen molar-refractivity contribution in [1.29, 1.82) is 0 Å². The van der Waals surface area contributed by atoms with Crippen LogP contribution in [0.5, 0.6) is 0 Å². The highest BCUT2D eigenvalue weighted by atomic mass is 16.3. The first-order valence-corrected chi connectivity index (χ1v) is 7.47. The SMILES string of the molecule is O=C(N[C@@H]1CCCC[C@H]1O)C1NCC2CCCC21. The van der Waals surface area contributed by atoms with Crippen LogP contribution in [0.4, 0.5) is 0 Å². The van der Waals surface area contributed by atoms with E-state index in [9.17, 15) is 9.90 Å². The standard InChI is InChI=1S/C14H24N2O2/c17-12-7-2-1-6-11(12)16-14(18)13-10-5-3-4-9(10)8-15-13/h9-13,15,17H,1-8H2,(H,16,18)/t9?,10?,11-,12-,13?/m1/s1. The van der Waals surface area contributed by atoms with Crippen molar-refractivity contribution in [2.24, 2.45) is 11.8 Å². The van der Waals surface area contributed by atoms with Crippen LogP contribution >= 0.6 is 0 Å². The molecule has 0 bridgehead atoms. The van der Waals surface area contributed by atoms with Gasteiger partial charge >= 0.3 is 0 Å². The Balaban J connectivity index is 1.57. The highest BCUT2D eigenvalue weighted by Crippen LogP contribution is 2.37. The van der Waals surface area contributed by atoms with E-state index in [2.05, 4.69) is 10.6 Å². The number of fused-ring (bicyclic) bond motifs is 1. The molecule has 2 aliphatic carbocycles. The van der Waals surface area contributed by atoms with Crippen molar-refractivity contribution in [1.82, 2.24) is 10.6 Å². The summed E-state index contributed by atoms with van der Waals surface area (Å²) in [5.41, 5.74) is 0. The van der Waals surface area contributed by atoms with E-state index in [1.807, 2.05) is 0 Å². The molecule has 3 N–H and O–H groups in total. The third-order valence-electron chi connectivity index (χ3n) is 5.09. The fourth-order valence-electron chi connectivity index (χ4n) is 4.03. The average Bonchev–Trinajstić information content (AvgIpc) is 2.93. The molecule has 1 saturated heterocycles. The summed E-state index contributed by atoms with van der Waals surface area (Å²) in [6.45, 7) is 0.996. The van der Waals surface area contributed by atoms with Crippen molar-refractivity contribution in [2.45, 2.75) is 63.1 Å². The summed E-state index contributed by atoms with van der Waals surface area (Å²) in [6.07, 6.45) is 7.33. The van der Waals surface area contributed by atoms with E-state index in [0.29, 0.717) is 11.8 Å². The lowest BCUT2D eigenvalue weighted by molar-refractivity contribution is -0.125. The summed E-state index contributed by atoms with van der Waals surface area (Å²) in [5.74, 6) is 1.36. The molecule has 0 aromatic heterocycles. The van der Waals surface area contributed by atoms with E-state index in [-0.39, 0.29) is 24.1 Å². The Kier molecular flexibility index (Phi) is 3.57. The van der Waals surface area contributed by atoms with Gasteiger partial charge in [-0.15, -0.1) is 0 Å². The molecule has 102 valence electrons. The molecular formula is C14H24N2O2. The number of amides is 1. The summed E-state index contributed by atoms with van der Waals surface area (Å²) in [6, 6.07) is -0.0277. The van der Waals surface area contributed by atoms with E-state index in [1.54, 1.807) is 0 Å². The second-order valence-electron chi connectivity index (χ2n) is 6.21. The Labute approximate surface area is 109 Å². The molecule has 3 aliphatic rings. The van der Waals surface area contributed by atoms with Crippen LogP contribution in [-0.2, 0) is 4.79 Å². The second-order valence-corrected chi connectivity index (χ2v) is 6.21. The van der Waals surface area contributed by atoms with Gasteiger partial charge in [0.25, 0.3) is 0 Å². The lowest BCUT2D eigenvalue weighted by Crippen LogP contribution is -2.52. The van der Waals surface area contributed by atoms with Crippen LogP contribution in [0, 0.1) is 11.8 Å². The van der Waals surface area contributed by atoms with E-state index in [0.717, 1.165) is 32.2 Å². The molecule has 5 atom stereocenters. The topological polar surface area (TPSA) is 61.4 Å². The minimum Gasteiger partial charge on any atom is -0.391 e. The molecule has 4 heteroatoms. The number of hydrogen-bond donors (Lipinski definition) is 3. The first kappa shape index (κ1) is 12.4. The molecule has 3 unspecified atom stereocenters. The molecular weight excluding hydrogens is 228 g/mol. The number of carbonyl (C=O) groups excluding carboxylic acids is 1. The van der Waals surface area contributed by atoms with Crippen LogP contribution in [-0.4, -0.2) is 35.7 Å². The number of aliphatic hydroxyl groups excluding tert-OH is 1. The Bertz CT molecular complexity index is 321. The molecule has 1 heterocycles. The van der Waals surface area contributed by atoms with Gasteiger partial charge in [-0.1, -0.05) is 19.3 Å². The molecule has 0 aromatic rings. The van der Waals surface area contributed by atoms with Crippen molar-refractivity contribution in [3.63, 3.8) is 0 Å². The molecule has 4 nitrogen and oxygen atoms in total. The molecule has 2 saturated carbocycles. The zero-order valence-corrected chi connectivity index (χ0v) is 10.9. The Morgan fingerprint density at radius 1 is 1.11 bits per heavy atom. The summed E-state index contributed by atoms with van der Waals surface area (Å²) < 4.78 is 0. The molecule has 3 rings (SSSR count). The fraction of sp³-hybridized carbons (Fsp3) is 0.929. The van der Waals surface area contributed by atoms with E-state index in [4.69, 9.17) is 0 Å². The van der Waals surface area contributed by atoms with Gasteiger partial charge in [0, 0.05) is 0 Å². The average molecular weight is 252 g/mol. The van der Waals surface area contributed by atoms with Crippen molar-refractivity contribution < 1.29 is 9.90 Å². The third-order valence-corrected chi connectivity index (χ3v) is 5.09. The monoisotopic (exact) mass is 252 g/mol. The predicted molar refractivity (Wildman–Crippen MR) is 69.0 cm³/mol. The van der Waals surface area contributed by atoms with Crippen molar-refractivity contribution in [2.75, 3.05) is 6.54 Å². The molecule has 0 aromatic carbocycles. The van der Waals surface area contributed by atoms with Gasteiger partial charge in [-0.2, -0.15) is 0 Å². The van der Waals surface area contributed by atoms with Crippen LogP contribution in [0.3, 0.4) is 0 Å². The van der Waals surface area contributed by atoms with Gasteiger partial charge in [-0.25, -0.2) is 0 Å². The molecule has 1 aliphatic heterocycles. The highest BCUT2D eigenvalue weighted by Gasteiger charge is 2.43. The van der Waals surface area contributed by atoms with Crippen LogP contribution in [0.25, 0.3) is 0 Å². The summed E-state index contributed by atoms with van der Waals surface area (Å²) in [4.78, 5) is 12.3. The largest absolute Gasteiger partial charge is 0.391 e. The normalized spacial score (nSPS) is 43.7. The number of nitrogens with one attached hydrogen (secondary N) is 2. The molecule has 0 radical (unpaired) electrons. The lowest BCUT2D eigenvalue weighted by Gasteiger charge is -2.30. The van der Waals surface area contributed by atoms with Crippen LogP contribution in [0.1, 0.15) is 44.9 Å². The zero-order chi connectivity index (χ0) is 12.5. The van der Waals surface area contributed by atoms with E-state index >= 15 is 0 Å². The molecule has 0 spiro atoms. The van der Waals surface area contributed by atoms with Gasteiger partial charge in [0.2, 0.25) is 5.91 Å². The Hall–Kier alpha value is -0.610. The first-order chi connectivity index (χ1) is 8.75. The minimum absolute atomic E-state index is 0.00775. The number of hydrogen-bond acceptors (Lipinski definition) is 3. The van der Waals surface area contributed by atoms with Gasteiger partial charge in [-0.05, 0) is 44.1 Å². The lowest BCUT2D eigenvalue weighted by atomic mass is 9.90. The molecule has 1 amide bonds. The fourth-order valence-corrected chi connectivity index (χ4v) is 4.03.